The summed E-state index contributed by atoms with van der Waals surface area (Å²) in [7, 11) is -2.03. The summed E-state index contributed by atoms with van der Waals surface area (Å²) < 4.78 is 34.5. The summed E-state index contributed by atoms with van der Waals surface area (Å²) in [6.07, 6.45) is 5.37. The Bertz CT molecular complexity index is 1330. The fourth-order valence-electron chi connectivity index (χ4n) is 5.01. The van der Waals surface area contributed by atoms with Crippen LogP contribution < -0.4 is 14.8 Å². The third-order valence-corrected chi connectivity index (χ3v) is 8.11. The van der Waals surface area contributed by atoms with Gasteiger partial charge < -0.3 is 10.1 Å². The number of rotatable bonds is 5. The molecule has 5 nitrogen and oxygen atoms in total. The lowest BCUT2D eigenvalue weighted by atomic mass is 9.77. The molecule has 3 atom stereocenters. The molecule has 0 saturated heterocycles. The molecule has 1 aliphatic heterocycles. The molecule has 0 bridgehead atoms. The number of ether oxygens (including phenoxy) is 1. The van der Waals surface area contributed by atoms with E-state index in [0.29, 0.717) is 11.6 Å². The number of fused-ring (bicyclic) bond motifs is 3. The minimum absolute atomic E-state index is 0.152. The molecular weight excluding hydrogens is 432 g/mol. The van der Waals surface area contributed by atoms with Crippen molar-refractivity contribution in [1.29, 1.82) is 0 Å². The molecule has 0 fully saturated rings. The monoisotopic (exact) mass is 460 g/mol. The van der Waals surface area contributed by atoms with Crippen molar-refractivity contribution in [3.8, 4) is 5.75 Å². The fourth-order valence-corrected chi connectivity index (χ4v) is 6.18. The van der Waals surface area contributed by atoms with E-state index in [0.717, 1.165) is 34.5 Å². The van der Waals surface area contributed by atoms with Gasteiger partial charge in [0.15, 0.2) is 0 Å². The molecule has 0 amide bonds. The van der Waals surface area contributed by atoms with Crippen LogP contribution in [0.25, 0.3) is 0 Å². The Morgan fingerprint density at radius 2 is 1.79 bits per heavy atom. The zero-order valence-corrected chi connectivity index (χ0v) is 19.8. The van der Waals surface area contributed by atoms with E-state index in [-0.39, 0.29) is 16.9 Å². The summed E-state index contributed by atoms with van der Waals surface area (Å²) in [5, 5.41) is 3.67. The Kier molecular flexibility index (Phi) is 5.41. The maximum Gasteiger partial charge on any atom is 0.261 e. The van der Waals surface area contributed by atoms with Crippen LogP contribution in [0.5, 0.6) is 5.75 Å². The number of anilines is 2. The van der Waals surface area contributed by atoms with E-state index in [2.05, 4.69) is 34.3 Å². The second-order valence-electron chi connectivity index (χ2n) is 8.92. The van der Waals surface area contributed by atoms with Gasteiger partial charge >= 0.3 is 0 Å². The minimum atomic E-state index is -3.70. The predicted octanol–water partition coefficient (Wildman–Crippen LogP) is 5.94. The van der Waals surface area contributed by atoms with E-state index in [4.69, 9.17) is 4.74 Å². The molecule has 1 heterocycles. The molecule has 0 spiro atoms. The van der Waals surface area contributed by atoms with Crippen molar-refractivity contribution in [3.05, 3.63) is 95.1 Å². The Labute approximate surface area is 195 Å². The molecule has 2 N–H and O–H groups in total. The first-order valence-corrected chi connectivity index (χ1v) is 12.7. The highest BCUT2D eigenvalue weighted by molar-refractivity contribution is 7.92. The van der Waals surface area contributed by atoms with Crippen LogP contribution in [0.3, 0.4) is 0 Å². The van der Waals surface area contributed by atoms with Crippen LogP contribution in [0.4, 0.5) is 11.4 Å². The third-order valence-electron chi connectivity index (χ3n) is 6.75. The van der Waals surface area contributed by atoms with Crippen molar-refractivity contribution in [2.24, 2.45) is 5.92 Å². The molecule has 0 radical (unpaired) electrons. The third kappa shape index (κ3) is 4.00. The van der Waals surface area contributed by atoms with E-state index >= 15 is 0 Å². The minimum Gasteiger partial charge on any atom is -0.497 e. The van der Waals surface area contributed by atoms with Crippen molar-refractivity contribution in [2.45, 2.75) is 37.1 Å². The summed E-state index contributed by atoms with van der Waals surface area (Å²) in [5.41, 5.74) is 5.82. The lowest BCUT2D eigenvalue weighted by molar-refractivity contribution is 0.411. The van der Waals surface area contributed by atoms with Crippen molar-refractivity contribution < 1.29 is 13.2 Å². The number of hydrogen-bond donors (Lipinski definition) is 2. The largest absolute Gasteiger partial charge is 0.497 e. The van der Waals surface area contributed by atoms with Gasteiger partial charge in [0, 0.05) is 11.6 Å². The first kappa shape index (κ1) is 21.6. The fraction of sp³-hybridized carbons (Fsp3) is 0.259. The smallest absolute Gasteiger partial charge is 0.261 e. The van der Waals surface area contributed by atoms with E-state index in [9.17, 15) is 8.42 Å². The van der Waals surface area contributed by atoms with Crippen molar-refractivity contribution in [2.75, 3.05) is 17.1 Å². The quantitative estimate of drug-likeness (QED) is 0.463. The van der Waals surface area contributed by atoms with Gasteiger partial charge in [0.1, 0.15) is 5.75 Å². The molecule has 3 aromatic carbocycles. The molecule has 2 aliphatic rings. The van der Waals surface area contributed by atoms with Crippen LogP contribution in [-0.2, 0) is 10.0 Å². The van der Waals surface area contributed by atoms with Crippen LogP contribution in [0.1, 0.15) is 40.6 Å². The molecule has 33 heavy (non-hydrogen) atoms. The summed E-state index contributed by atoms with van der Waals surface area (Å²) >= 11 is 0. The first-order valence-electron chi connectivity index (χ1n) is 11.2. The molecule has 170 valence electrons. The topological polar surface area (TPSA) is 67.4 Å². The maximum atomic E-state index is 13.2. The van der Waals surface area contributed by atoms with Gasteiger partial charge in [-0.15, -0.1) is 0 Å². The van der Waals surface area contributed by atoms with E-state index in [1.54, 1.807) is 13.2 Å². The van der Waals surface area contributed by atoms with Crippen molar-refractivity contribution in [3.63, 3.8) is 0 Å². The highest BCUT2D eigenvalue weighted by atomic mass is 32.2. The van der Waals surface area contributed by atoms with E-state index < -0.39 is 10.0 Å². The first-order chi connectivity index (χ1) is 15.9. The molecule has 1 aliphatic carbocycles. The number of sulfonamides is 1. The van der Waals surface area contributed by atoms with Gasteiger partial charge in [0.25, 0.3) is 10.0 Å². The van der Waals surface area contributed by atoms with E-state index in [1.165, 1.54) is 5.56 Å². The molecule has 0 aromatic heterocycles. The van der Waals surface area contributed by atoms with Crippen molar-refractivity contribution >= 4 is 21.4 Å². The van der Waals surface area contributed by atoms with Gasteiger partial charge in [-0.1, -0.05) is 42.0 Å². The molecule has 5 rings (SSSR count). The lowest BCUT2D eigenvalue weighted by Crippen LogP contribution is -2.29. The Hall–Kier alpha value is -3.25. The van der Waals surface area contributed by atoms with Gasteiger partial charge in [-0.2, -0.15) is 0 Å². The summed E-state index contributed by atoms with van der Waals surface area (Å²) in [6.45, 7) is 3.90. The predicted molar refractivity (Wildman–Crippen MR) is 133 cm³/mol. The SMILES string of the molecule is COc1ccc(C2Nc3ccc(S(=O)(=O)Nc4ccc(C)cc4C)cc3C3C=CCC32)cc1. The maximum absolute atomic E-state index is 13.2. The molecular formula is C27H28N2O3S. The van der Waals surface area contributed by atoms with Gasteiger partial charge in [0.05, 0.1) is 23.7 Å². The highest BCUT2D eigenvalue weighted by Crippen LogP contribution is 2.50. The zero-order chi connectivity index (χ0) is 23.2. The van der Waals surface area contributed by atoms with Crippen LogP contribution in [-0.4, -0.2) is 15.5 Å². The number of hydrogen-bond acceptors (Lipinski definition) is 4. The number of benzene rings is 3. The van der Waals surface area contributed by atoms with Crippen LogP contribution >= 0.6 is 0 Å². The van der Waals surface area contributed by atoms with Crippen LogP contribution in [0, 0.1) is 19.8 Å². The van der Waals surface area contributed by atoms with Crippen molar-refractivity contribution in [1.82, 2.24) is 0 Å². The zero-order valence-electron chi connectivity index (χ0n) is 19.0. The highest BCUT2D eigenvalue weighted by Gasteiger charge is 2.38. The average Bonchev–Trinajstić information content (AvgIpc) is 3.30. The van der Waals surface area contributed by atoms with Gasteiger partial charge in [-0.25, -0.2) is 8.42 Å². The van der Waals surface area contributed by atoms with Gasteiger partial charge in [-0.3, -0.25) is 4.72 Å². The van der Waals surface area contributed by atoms with Gasteiger partial charge in [-0.05, 0) is 79.3 Å². The average molecular weight is 461 g/mol. The number of nitrogens with one attached hydrogen (secondary N) is 2. The van der Waals surface area contributed by atoms with Crippen LogP contribution in [0.2, 0.25) is 0 Å². The Morgan fingerprint density at radius 3 is 2.52 bits per heavy atom. The molecule has 3 aromatic rings. The normalized spacial score (nSPS) is 21.1. The van der Waals surface area contributed by atoms with E-state index in [1.807, 2.05) is 56.3 Å². The standard InChI is InChI=1S/C27H28N2O3S/c1-17-7-13-25(18(2)15-17)29-33(30,31)21-12-14-26-24(16-21)22-5-4-6-23(22)27(28-26)19-8-10-20(32-3)11-9-19/h4-5,7-16,22-23,27-29H,6H2,1-3H3. The summed E-state index contributed by atoms with van der Waals surface area (Å²) in [5.74, 6) is 1.34. The molecule has 6 heteroatoms. The number of allylic oxidation sites excluding steroid dienone is 2. The van der Waals surface area contributed by atoms with Crippen LogP contribution in [0.15, 0.2) is 77.7 Å². The summed E-state index contributed by atoms with van der Waals surface area (Å²) in [6, 6.07) is 19.4. The Morgan fingerprint density at radius 1 is 1.00 bits per heavy atom. The number of methoxy groups -OCH3 is 1. The second-order valence-corrected chi connectivity index (χ2v) is 10.6. The lowest BCUT2D eigenvalue weighted by Gasteiger charge is -2.37. The van der Waals surface area contributed by atoms with Gasteiger partial charge in [0.2, 0.25) is 0 Å². The Balaban J connectivity index is 1.47. The number of aryl methyl sites for hydroxylation is 2. The molecule has 0 saturated carbocycles. The molecule has 3 unspecified atom stereocenters. The second kappa shape index (κ2) is 8.27. The summed E-state index contributed by atoms with van der Waals surface area (Å²) in [4.78, 5) is 0.282.